The van der Waals surface area contributed by atoms with Gasteiger partial charge in [0.15, 0.2) is 0 Å². The quantitative estimate of drug-likeness (QED) is 0.353. The van der Waals surface area contributed by atoms with Crippen LogP contribution in [-0.2, 0) is 11.3 Å². The Morgan fingerprint density at radius 2 is 1.94 bits per heavy atom. The number of aromatic amines is 1. The number of anilines is 1. The fraction of sp³-hybridized carbons (Fsp3) is 0.500. The molecule has 1 aliphatic rings. The van der Waals surface area contributed by atoms with Gasteiger partial charge in [-0.15, -0.1) is 11.8 Å². The SMILES string of the molecule is CNc1ccc2c(c1)c(C(=O)NCc1c(SC)cc(C)[nH]c1=O)c(C)n2[C@H](C)C1CCC(OC)CC1. The Hall–Kier alpha value is -2.71. The van der Waals surface area contributed by atoms with Crippen LogP contribution >= 0.6 is 11.8 Å². The molecular weight excluding hydrogens is 472 g/mol. The van der Waals surface area contributed by atoms with Crippen LogP contribution < -0.4 is 16.2 Å². The van der Waals surface area contributed by atoms with Gasteiger partial charge in [-0.05, 0) is 82.9 Å². The molecular formula is C28H38N4O3S. The number of thioether (sulfide) groups is 1. The highest BCUT2D eigenvalue weighted by molar-refractivity contribution is 7.98. The summed E-state index contributed by atoms with van der Waals surface area (Å²) in [6, 6.07) is 8.43. The van der Waals surface area contributed by atoms with Crippen molar-refractivity contribution in [2.24, 2.45) is 5.92 Å². The number of nitrogens with one attached hydrogen (secondary N) is 3. The number of carbonyl (C=O) groups excluding carboxylic acids is 1. The first-order chi connectivity index (χ1) is 17.3. The van der Waals surface area contributed by atoms with Gasteiger partial charge in [-0.2, -0.15) is 0 Å². The van der Waals surface area contributed by atoms with Crippen LogP contribution in [0.2, 0.25) is 0 Å². The van der Waals surface area contributed by atoms with Crippen LogP contribution in [0.3, 0.4) is 0 Å². The minimum Gasteiger partial charge on any atom is -0.388 e. The highest BCUT2D eigenvalue weighted by Gasteiger charge is 2.30. The summed E-state index contributed by atoms with van der Waals surface area (Å²) in [6.07, 6.45) is 6.67. The second-order valence-corrected chi connectivity index (χ2v) is 10.7. The fourth-order valence-corrected chi connectivity index (χ4v) is 6.43. The summed E-state index contributed by atoms with van der Waals surface area (Å²) in [7, 11) is 3.68. The first-order valence-electron chi connectivity index (χ1n) is 12.7. The van der Waals surface area contributed by atoms with E-state index < -0.39 is 0 Å². The number of ether oxygens (including phenoxy) is 1. The summed E-state index contributed by atoms with van der Waals surface area (Å²) in [6.45, 7) is 6.36. The van der Waals surface area contributed by atoms with Crippen molar-refractivity contribution in [2.75, 3.05) is 25.7 Å². The van der Waals surface area contributed by atoms with E-state index in [1.807, 2.05) is 39.3 Å². The molecule has 1 atom stereocenters. The summed E-state index contributed by atoms with van der Waals surface area (Å²) >= 11 is 1.51. The lowest BCUT2D eigenvalue weighted by molar-refractivity contribution is 0.0492. The molecule has 8 heteroatoms. The second-order valence-electron chi connectivity index (χ2n) is 9.84. The highest BCUT2D eigenvalue weighted by atomic mass is 32.2. The third-order valence-electron chi connectivity index (χ3n) is 7.78. The fourth-order valence-electron chi connectivity index (χ4n) is 5.72. The summed E-state index contributed by atoms with van der Waals surface area (Å²) < 4.78 is 7.92. The molecule has 1 fully saturated rings. The number of rotatable bonds is 8. The zero-order valence-electron chi connectivity index (χ0n) is 22.2. The summed E-state index contributed by atoms with van der Waals surface area (Å²) in [4.78, 5) is 30.0. The van der Waals surface area contributed by atoms with Crippen molar-refractivity contribution < 1.29 is 9.53 Å². The second kappa shape index (κ2) is 11.1. The number of methoxy groups -OCH3 is 1. The Bertz CT molecular complexity index is 1300. The smallest absolute Gasteiger partial charge is 0.254 e. The number of fused-ring (bicyclic) bond motifs is 1. The molecule has 1 saturated carbocycles. The molecule has 0 unspecified atom stereocenters. The Kier molecular flexibility index (Phi) is 8.15. The van der Waals surface area contributed by atoms with E-state index in [0.29, 0.717) is 23.1 Å². The topological polar surface area (TPSA) is 88.2 Å². The molecule has 0 saturated heterocycles. The van der Waals surface area contributed by atoms with Crippen LogP contribution in [0.4, 0.5) is 5.69 Å². The Balaban J connectivity index is 1.69. The molecule has 1 amide bonds. The third-order valence-corrected chi connectivity index (χ3v) is 8.59. The zero-order chi connectivity index (χ0) is 26.0. The maximum absolute atomic E-state index is 13.6. The predicted octanol–water partition coefficient (Wildman–Crippen LogP) is 5.41. The third kappa shape index (κ3) is 5.06. The van der Waals surface area contributed by atoms with Crippen LogP contribution in [0, 0.1) is 19.8 Å². The van der Waals surface area contributed by atoms with Crippen molar-refractivity contribution in [3.05, 3.63) is 57.1 Å². The maximum Gasteiger partial charge on any atom is 0.254 e. The summed E-state index contributed by atoms with van der Waals surface area (Å²) in [5, 5.41) is 7.17. The molecule has 4 rings (SSSR count). The Labute approximate surface area is 217 Å². The van der Waals surface area contributed by atoms with Crippen molar-refractivity contribution in [3.63, 3.8) is 0 Å². The van der Waals surface area contributed by atoms with Crippen molar-refractivity contribution in [2.45, 2.75) is 70.0 Å². The van der Waals surface area contributed by atoms with Crippen molar-refractivity contribution in [3.8, 4) is 0 Å². The molecule has 3 aromatic rings. The van der Waals surface area contributed by atoms with E-state index in [-0.39, 0.29) is 24.1 Å². The lowest BCUT2D eigenvalue weighted by Crippen LogP contribution is -2.29. The number of amides is 1. The van der Waals surface area contributed by atoms with Gasteiger partial charge in [0, 0.05) is 65.2 Å². The predicted molar refractivity (Wildman–Crippen MR) is 148 cm³/mol. The lowest BCUT2D eigenvalue weighted by Gasteiger charge is -2.33. The van der Waals surface area contributed by atoms with Crippen LogP contribution in [0.5, 0.6) is 0 Å². The van der Waals surface area contributed by atoms with E-state index in [9.17, 15) is 9.59 Å². The number of nitrogens with zero attached hydrogens (tertiary/aromatic N) is 1. The van der Waals surface area contributed by atoms with Gasteiger partial charge in [0.05, 0.1) is 11.7 Å². The first-order valence-corrected chi connectivity index (χ1v) is 13.9. The lowest BCUT2D eigenvalue weighted by atomic mass is 9.83. The van der Waals surface area contributed by atoms with Gasteiger partial charge < -0.3 is 24.9 Å². The molecule has 0 spiro atoms. The number of carbonyl (C=O) groups is 1. The van der Waals surface area contributed by atoms with E-state index >= 15 is 0 Å². The summed E-state index contributed by atoms with van der Waals surface area (Å²) in [5.41, 5.74) is 4.90. The van der Waals surface area contributed by atoms with Crippen molar-refractivity contribution in [1.82, 2.24) is 14.9 Å². The van der Waals surface area contributed by atoms with Gasteiger partial charge in [-0.3, -0.25) is 9.59 Å². The van der Waals surface area contributed by atoms with Crippen LogP contribution in [0.15, 0.2) is 34.0 Å². The molecule has 0 radical (unpaired) electrons. The molecule has 7 nitrogen and oxygen atoms in total. The standard InChI is InChI=1S/C28H38N4O3S/c1-16-13-25(36-6)23(27(33)31-16)15-30-28(34)26-18(3)32(24-12-9-20(29-4)14-22(24)26)17(2)19-7-10-21(35-5)11-8-19/h9,12-14,17,19,21,29H,7-8,10-11,15H2,1-6H3,(H,30,34)(H,31,33)/t17-,19?,21?/m1/s1. The van der Waals surface area contributed by atoms with Gasteiger partial charge in [0.1, 0.15) is 0 Å². The van der Waals surface area contributed by atoms with E-state index in [4.69, 9.17) is 4.74 Å². The van der Waals surface area contributed by atoms with Crippen LogP contribution in [0.1, 0.15) is 66.0 Å². The Morgan fingerprint density at radius 3 is 2.58 bits per heavy atom. The molecule has 194 valence electrons. The summed E-state index contributed by atoms with van der Waals surface area (Å²) in [5.74, 6) is 0.368. The minimum absolute atomic E-state index is 0.156. The maximum atomic E-state index is 13.6. The number of pyridine rings is 1. The van der Waals surface area contributed by atoms with E-state index in [1.54, 1.807) is 7.11 Å². The van der Waals surface area contributed by atoms with Gasteiger partial charge in [0.25, 0.3) is 11.5 Å². The molecule has 36 heavy (non-hydrogen) atoms. The average molecular weight is 511 g/mol. The van der Waals surface area contributed by atoms with Crippen molar-refractivity contribution >= 4 is 34.3 Å². The number of aryl methyl sites for hydroxylation is 1. The van der Waals surface area contributed by atoms with Crippen molar-refractivity contribution in [1.29, 1.82) is 0 Å². The van der Waals surface area contributed by atoms with E-state index in [2.05, 4.69) is 39.2 Å². The van der Waals surface area contributed by atoms with E-state index in [0.717, 1.165) is 58.6 Å². The highest BCUT2D eigenvalue weighted by Crippen LogP contribution is 2.39. The van der Waals surface area contributed by atoms with Crippen LogP contribution in [-0.4, -0.2) is 42.0 Å². The molecule has 2 heterocycles. The zero-order valence-corrected chi connectivity index (χ0v) is 23.0. The van der Waals surface area contributed by atoms with Gasteiger partial charge in [-0.1, -0.05) is 0 Å². The molecule has 2 aromatic heterocycles. The van der Waals surface area contributed by atoms with Crippen LogP contribution in [0.25, 0.3) is 10.9 Å². The number of hydrogen-bond acceptors (Lipinski definition) is 5. The normalized spacial score (nSPS) is 18.8. The molecule has 3 N–H and O–H groups in total. The van der Waals surface area contributed by atoms with Gasteiger partial charge >= 0.3 is 0 Å². The minimum atomic E-state index is -0.160. The molecule has 1 aliphatic carbocycles. The monoisotopic (exact) mass is 510 g/mol. The average Bonchev–Trinajstić information content (AvgIpc) is 3.17. The van der Waals surface area contributed by atoms with Gasteiger partial charge in [0.2, 0.25) is 0 Å². The van der Waals surface area contributed by atoms with Gasteiger partial charge in [-0.25, -0.2) is 0 Å². The largest absolute Gasteiger partial charge is 0.388 e. The van der Waals surface area contributed by atoms with E-state index in [1.165, 1.54) is 11.8 Å². The molecule has 1 aromatic carbocycles. The Morgan fingerprint density at radius 1 is 1.22 bits per heavy atom. The molecule has 0 aliphatic heterocycles. The number of H-pyrrole nitrogens is 1. The molecule has 0 bridgehead atoms. The number of hydrogen-bond donors (Lipinski definition) is 3. The number of benzene rings is 1. The first kappa shape index (κ1) is 26.4. The number of aromatic nitrogens is 2.